The second kappa shape index (κ2) is 7.54. The molecule has 0 aromatic heterocycles. The van der Waals surface area contributed by atoms with E-state index < -0.39 is 0 Å². The lowest BCUT2D eigenvalue weighted by Crippen LogP contribution is -2.41. The van der Waals surface area contributed by atoms with Gasteiger partial charge in [-0.3, -0.25) is 0 Å². The molecule has 4 nitrogen and oxygen atoms in total. The molecule has 2 atom stereocenters. The molecule has 0 amide bonds. The standard InChI is InChI=1S/C13H27N3O/c1-3-12(11-7-5-4-6-8-11)15-9-10(2)13(14)16-17/h10-12,15,17H,3-9H2,1-2H3,(H2,14,16). The minimum atomic E-state index is 0.0950. The van der Waals surface area contributed by atoms with Gasteiger partial charge in [0, 0.05) is 18.5 Å². The highest BCUT2D eigenvalue weighted by molar-refractivity contribution is 5.82. The zero-order valence-corrected chi connectivity index (χ0v) is 11.2. The van der Waals surface area contributed by atoms with Gasteiger partial charge in [0.15, 0.2) is 0 Å². The molecule has 1 aliphatic rings. The first-order valence-corrected chi connectivity index (χ1v) is 6.89. The third-order valence-corrected chi connectivity index (χ3v) is 3.97. The van der Waals surface area contributed by atoms with Gasteiger partial charge in [-0.2, -0.15) is 0 Å². The SMILES string of the molecule is CCC(NCC(C)C(N)=NO)C1CCCCC1. The predicted molar refractivity (Wildman–Crippen MR) is 71.2 cm³/mol. The molecule has 0 aromatic rings. The molecule has 1 saturated carbocycles. The molecule has 0 aromatic carbocycles. The molecule has 4 N–H and O–H groups in total. The number of nitrogens with zero attached hydrogens (tertiary/aromatic N) is 1. The Bertz CT molecular complexity index is 237. The molecule has 0 bridgehead atoms. The molecule has 0 saturated heterocycles. The zero-order valence-electron chi connectivity index (χ0n) is 11.2. The number of nitrogens with one attached hydrogen (secondary N) is 1. The van der Waals surface area contributed by atoms with E-state index in [0.717, 1.165) is 18.9 Å². The van der Waals surface area contributed by atoms with E-state index >= 15 is 0 Å². The Hall–Kier alpha value is -0.770. The summed E-state index contributed by atoms with van der Waals surface area (Å²) < 4.78 is 0. The Morgan fingerprint density at radius 3 is 2.59 bits per heavy atom. The first-order chi connectivity index (χ1) is 8.19. The van der Waals surface area contributed by atoms with Crippen LogP contribution in [0.2, 0.25) is 0 Å². The molecule has 1 fully saturated rings. The normalized spacial score (nSPS) is 22.4. The average Bonchev–Trinajstić information content (AvgIpc) is 2.39. The molecule has 0 spiro atoms. The summed E-state index contributed by atoms with van der Waals surface area (Å²) in [6.45, 7) is 5.01. The van der Waals surface area contributed by atoms with E-state index in [1.54, 1.807) is 0 Å². The van der Waals surface area contributed by atoms with Crippen LogP contribution in [0.1, 0.15) is 52.4 Å². The quantitative estimate of drug-likeness (QED) is 0.289. The molecule has 0 aliphatic heterocycles. The number of oxime groups is 1. The summed E-state index contributed by atoms with van der Waals surface area (Å²) in [5.74, 6) is 1.22. The molecule has 17 heavy (non-hydrogen) atoms. The van der Waals surface area contributed by atoms with Gasteiger partial charge in [0.05, 0.1) is 0 Å². The van der Waals surface area contributed by atoms with E-state index in [1.165, 1.54) is 32.1 Å². The molecule has 4 heteroatoms. The Labute approximate surface area is 105 Å². The van der Waals surface area contributed by atoms with Gasteiger partial charge in [-0.25, -0.2) is 0 Å². The molecule has 100 valence electrons. The van der Waals surface area contributed by atoms with Crippen molar-refractivity contribution in [1.29, 1.82) is 0 Å². The van der Waals surface area contributed by atoms with Crippen LogP contribution in [0.15, 0.2) is 5.16 Å². The fourth-order valence-electron chi connectivity index (χ4n) is 2.71. The maximum atomic E-state index is 8.61. The summed E-state index contributed by atoms with van der Waals surface area (Å²) in [6, 6.07) is 0.587. The van der Waals surface area contributed by atoms with E-state index in [0.29, 0.717) is 11.9 Å². The van der Waals surface area contributed by atoms with Crippen molar-refractivity contribution in [2.45, 2.75) is 58.4 Å². The highest BCUT2D eigenvalue weighted by Crippen LogP contribution is 2.27. The summed E-state index contributed by atoms with van der Waals surface area (Å²) in [7, 11) is 0. The maximum Gasteiger partial charge on any atom is 0.143 e. The van der Waals surface area contributed by atoms with Crippen molar-refractivity contribution in [2.75, 3.05) is 6.54 Å². The molecule has 0 radical (unpaired) electrons. The fraction of sp³-hybridized carbons (Fsp3) is 0.923. The summed E-state index contributed by atoms with van der Waals surface area (Å²) in [6.07, 6.45) is 8.01. The summed E-state index contributed by atoms with van der Waals surface area (Å²) in [4.78, 5) is 0. The number of hydrogen-bond donors (Lipinski definition) is 3. The van der Waals surface area contributed by atoms with Gasteiger partial charge in [-0.15, -0.1) is 0 Å². The van der Waals surface area contributed by atoms with Crippen molar-refractivity contribution in [1.82, 2.24) is 5.32 Å². The van der Waals surface area contributed by atoms with Crippen molar-refractivity contribution in [2.24, 2.45) is 22.7 Å². The molecule has 1 rings (SSSR count). The van der Waals surface area contributed by atoms with Gasteiger partial charge in [0.2, 0.25) is 0 Å². The average molecular weight is 241 g/mol. The number of rotatable bonds is 6. The third-order valence-electron chi connectivity index (χ3n) is 3.97. The maximum absolute atomic E-state index is 8.61. The summed E-state index contributed by atoms with van der Waals surface area (Å²) >= 11 is 0. The van der Waals surface area contributed by atoms with Crippen molar-refractivity contribution >= 4 is 5.84 Å². The second-order valence-electron chi connectivity index (χ2n) is 5.25. The van der Waals surface area contributed by atoms with Crippen LogP contribution in [-0.4, -0.2) is 23.6 Å². The minimum absolute atomic E-state index is 0.0950. The van der Waals surface area contributed by atoms with Crippen LogP contribution >= 0.6 is 0 Å². The van der Waals surface area contributed by atoms with Crippen molar-refractivity contribution in [3.05, 3.63) is 0 Å². The van der Waals surface area contributed by atoms with Gasteiger partial charge in [-0.05, 0) is 25.2 Å². The van der Waals surface area contributed by atoms with Crippen LogP contribution in [0.4, 0.5) is 0 Å². The summed E-state index contributed by atoms with van der Waals surface area (Å²) in [5.41, 5.74) is 5.58. The van der Waals surface area contributed by atoms with E-state index in [2.05, 4.69) is 17.4 Å². The Balaban J connectivity index is 2.36. The number of nitrogens with two attached hydrogens (primary N) is 1. The van der Waals surface area contributed by atoms with Crippen LogP contribution in [0.3, 0.4) is 0 Å². The number of amidine groups is 1. The van der Waals surface area contributed by atoms with Gasteiger partial charge < -0.3 is 16.3 Å². The van der Waals surface area contributed by atoms with Crippen LogP contribution in [0.5, 0.6) is 0 Å². The van der Waals surface area contributed by atoms with E-state index in [-0.39, 0.29) is 5.92 Å². The minimum Gasteiger partial charge on any atom is -0.409 e. The first kappa shape index (κ1) is 14.3. The van der Waals surface area contributed by atoms with Crippen LogP contribution < -0.4 is 11.1 Å². The van der Waals surface area contributed by atoms with Crippen LogP contribution in [-0.2, 0) is 0 Å². The smallest absolute Gasteiger partial charge is 0.143 e. The van der Waals surface area contributed by atoms with E-state index in [4.69, 9.17) is 10.9 Å². The van der Waals surface area contributed by atoms with Gasteiger partial charge in [0.1, 0.15) is 5.84 Å². The summed E-state index contributed by atoms with van der Waals surface area (Å²) in [5, 5.41) is 15.3. The van der Waals surface area contributed by atoms with Gasteiger partial charge in [0.25, 0.3) is 0 Å². The highest BCUT2D eigenvalue weighted by Gasteiger charge is 2.22. The molecule has 0 heterocycles. The molecule has 1 aliphatic carbocycles. The van der Waals surface area contributed by atoms with Gasteiger partial charge >= 0.3 is 0 Å². The Morgan fingerprint density at radius 2 is 2.06 bits per heavy atom. The van der Waals surface area contributed by atoms with Crippen molar-refractivity contribution in [3.8, 4) is 0 Å². The molecular weight excluding hydrogens is 214 g/mol. The first-order valence-electron chi connectivity index (χ1n) is 6.89. The van der Waals surface area contributed by atoms with E-state index in [9.17, 15) is 0 Å². The Kier molecular flexibility index (Phi) is 6.34. The lowest BCUT2D eigenvalue weighted by atomic mass is 9.83. The lowest BCUT2D eigenvalue weighted by Gasteiger charge is -2.31. The third kappa shape index (κ3) is 4.54. The topological polar surface area (TPSA) is 70.6 Å². The Morgan fingerprint density at radius 1 is 1.41 bits per heavy atom. The van der Waals surface area contributed by atoms with Crippen molar-refractivity contribution < 1.29 is 5.21 Å². The fourth-order valence-corrected chi connectivity index (χ4v) is 2.71. The zero-order chi connectivity index (χ0) is 12.7. The largest absolute Gasteiger partial charge is 0.409 e. The highest BCUT2D eigenvalue weighted by atomic mass is 16.4. The predicted octanol–water partition coefficient (Wildman–Crippen LogP) is 2.32. The van der Waals surface area contributed by atoms with Crippen LogP contribution in [0.25, 0.3) is 0 Å². The van der Waals surface area contributed by atoms with E-state index in [1.807, 2.05) is 6.92 Å². The van der Waals surface area contributed by atoms with Crippen LogP contribution in [0, 0.1) is 11.8 Å². The van der Waals surface area contributed by atoms with Gasteiger partial charge in [-0.1, -0.05) is 38.3 Å². The molecular formula is C13H27N3O. The number of hydrogen-bond acceptors (Lipinski definition) is 3. The molecule has 2 unspecified atom stereocenters. The van der Waals surface area contributed by atoms with Crippen molar-refractivity contribution in [3.63, 3.8) is 0 Å². The monoisotopic (exact) mass is 241 g/mol. The lowest BCUT2D eigenvalue weighted by molar-refractivity contribution is 0.259. The second-order valence-corrected chi connectivity index (χ2v) is 5.25.